The van der Waals surface area contributed by atoms with Crippen LogP contribution < -0.4 is 10.2 Å². The number of aromatic nitrogens is 1. The number of hydrogen-bond acceptors (Lipinski definition) is 4. The van der Waals surface area contributed by atoms with Crippen LogP contribution in [0.5, 0.6) is 5.75 Å². The van der Waals surface area contributed by atoms with Gasteiger partial charge in [-0.05, 0) is 31.2 Å². The molecule has 1 atom stereocenters. The van der Waals surface area contributed by atoms with E-state index in [1.807, 2.05) is 0 Å². The second kappa shape index (κ2) is 7.99. The summed E-state index contributed by atoms with van der Waals surface area (Å²) in [5.41, 5.74) is 0.552. The third-order valence-electron chi connectivity index (χ3n) is 3.80. The number of aliphatic carboxylic acids is 1. The summed E-state index contributed by atoms with van der Waals surface area (Å²) in [6.07, 6.45) is -0.744. The van der Waals surface area contributed by atoms with E-state index in [2.05, 4.69) is 0 Å². The average Bonchev–Trinajstić information content (AvgIpc) is 2.57. The molecule has 26 heavy (non-hydrogen) atoms. The molecule has 6 nitrogen and oxygen atoms in total. The third-order valence-corrected chi connectivity index (χ3v) is 4.10. The van der Waals surface area contributed by atoms with E-state index in [9.17, 15) is 19.8 Å². The first kappa shape index (κ1) is 20.1. The highest BCUT2D eigenvalue weighted by atomic mass is 35.5. The van der Waals surface area contributed by atoms with Gasteiger partial charge in [-0.25, -0.2) is 0 Å². The minimum atomic E-state index is -1.06. The number of fused-ring (bicyclic) bond motifs is 2. The van der Waals surface area contributed by atoms with Crippen LogP contribution in [0.4, 0.5) is 0 Å². The Morgan fingerprint density at radius 1 is 1.23 bits per heavy atom. The minimum absolute atomic E-state index is 0. The molecule has 0 saturated heterocycles. The predicted octanol–water partition coefficient (Wildman–Crippen LogP) is 2.77. The van der Waals surface area contributed by atoms with Crippen LogP contribution in [0, 0.1) is 0 Å². The summed E-state index contributed by atoms with van der Waals surface area (Å²) in [5, 5.41) is 19.8. The van der Waals surface area contributed by atoms with Gasteiger partial charge in [0.2, 0.25) is 0 Å². The van der Waals surface area contributed by atoms with Crippen molar-refractivity contribution in [2.45, 2.75) is 19.6 Å². The molecule has 0 amide bonds. The molecule has 0 aliphatic heterocycles. The molecule has 3 aromatic rings. The van der Waals surface area contributed by atoms with Crippen LogP contribution in [0.3, 0.4) is 0 Å². The lowest BCUT2D eigenvalue weighted by Gasteiger charge is -2.18. The standard InChI is InChI=1S/C18H16ClNO5.H2S/c1-10(21)9-25-18-13(19)7-6-12-16(18)20(8-15(22)23)14-5-3-2-4-11(14)17(12)24;/h2-7,10,21H,8-9H2,1H3,(H,22,23);1H2/t10-;/m0./s1. The first-order valence-electron chi connectivity index (χ1n) is 7.66. The third kappa shape index (κ3) is 3.65. The van der Waals surface area contributed by atoms with E-state index in [1.165, 1.54) is 10.6 Å². The molecule has 2 N–H and O–H groups in total. The predicted molar refractivity (Wildman–Crippen MR) is 106 cm³/mol. The zero-order valence-electron chi connectivity index (χ0n) is 13.9. The number of rotatable bonds is 5. The topological polar surface area (TPSA) is 88.8 Å². The van der Waals surface area contributed by atoms with Crippen molar-refractivity contribution in [3.63, 3.8) is 0 Å². The van der Waals surface area contributed by atoms with E-state index < -0.39 is 12.1 Å². The molecule has 0 bridgehead atoms. The van der Waals surface area contributed by atoms with Crippen LogP contribution in [-0.2, 0) is 11.3 Å². The second-order valence-corrected chi connectivity index (χ2v) is 6.17. The van der Waals surface area contributed by atoms with Crippen molar-refractivity contribution in [3.05, 3.63) is 51.6 Å². The number of halogens is 1. The maximum atomic E-state index is 12.8. The fourth-order valence-electron chi connectivity index (χ4n) is 2.81. The smallest absolute Gasteiger partial charge is 0.323 e. The number of aliphatic hydroxyl groups excluding tert-OH is 1. The number of ether oxygens (including phenoxy) is 1. The van der Waals surface area contributed by atoms with Gasteiger partial charge in [0.05, 0.1) is 27.5 Å². The Morgan fingerprint density at radius 3 is 2.58 bits per heavy atom. The molecule has 0 saturated carbocycles. The lowest BCUT2D eigenvalue weighted by atomic mass is 10.1. The fraction of sp³-hybridized carbons (Fsp3) is 0.222. The average molecular weight is 396 g/mol. The van der Waals surface area contributed by atoms with Crippen molar-refractivity contribution in [1.82, 2.24) is 4.57 Å². The Hall–Kier alpha value is -2.22. The second-order valence-electron chi connectivity index (χ2n) is 5.76. The monoisotopic (exact) mass is 395 g/mol. The summed E-state index contributed by atoms with van der Waals surface area (Å²) in [6, 6.07) is 9.87. The number of carboxylic acid groups (broad SMARTS) is 1. The zero-order valence-corrected chi connectivity index (χ0v) is 15.7. The molecule has 138 valence electrons. The molecule has 3 rings (SSSR count). The Balaban J connectivity index is 0.00000243. The van der Waals surface area contributed by atoms with Crippen LogP contribution >= 0.6 is 25.1 Å². The van der Waals surface area contributed by atoms with Gasteiger partial charge in [-0.1, -0.05) is 23.7 Å². The molecule has 2 aromatic carbocycles. The molecule has 1 heterocycles. The summed E-state index contributed by atoms with van der Waals surface area (Å²) in [5.74, 6) is -0.874. The molecule has 0 aliphatic rings. The molecule has 0 unspecified atom stereocenters. The summed E-state index contributed by atoms with van der Waals surface area (Å²) >= 11 is 6.23. The van der Waals surface area contributed by atoms with Crippen LogP contribution in [0.2, 0.25) is 5.02 Å². The first-order chi connectivity index (χ1) is 11.9. The summed E-state index contributed by atoms with van der Waals surface area (Å²) in [6.45, 7) is 1.16. The van der Waals surface area contributed by atoms with Gasteiger partial charge in [0.25, 0.3) is 0 Å². The van der Waals surface area contributed by atoms with Crippen LogP contribution in [0.25, 0.3) is 21.8 Å². The summed E-state index contributed by atoms with van der Waals surface area (Å²) in [4.78, 5) is 24.2. The SMILES string of the molecule is C[C@H](O)COc1c(Cl)ccc2c(=O)c3ccccc3n(CC(=O)O)c12.S. The van der Waals surface area contributed by atoms with Gasteiger partial charge in [-0.3, -0.25) is 9.59 Å². The van der Waals surface area contributed by atoms with E-state index in [-0.39, 0.29) is 42.8 Å². The molecule has 0 radical (unpaired) electrons. The molecule has 1 aromatic heterocycles. The molecule has 0 spiro atoms. The molecule has 0 aliphatic carbocycles. The number of carboxylic acids is 1. The van der Waals surface area contributed by atoms with Crippen LogP contribution in [0.15, 0.2) is 41.2 Å². The van der Waals surface area contributed by atoms with Gasteiger partial charge >= 0.3 is 5.97 Å². The number of pyridine rings is 1. The first-order valence-corrected chi connectivity index (χ1v) is 8.04. The number of aliphatic hydroxyl groups is 1. The summed E-state index contributed by atoms with van der Waals surface area (Å²) < 4.78 is 7.10. The van der Waals surface area contributed by atoms with Gasteiger partial charge < -0.3 is 19.5 Å². The van der Waals surface area contributed by atoms with Crippen molar-refractivity contribution in [1.29, 1.82) is 0 Å². The van der Waals surface area contributed by atoms with E-state index in [0.29, 0.717) is 21.8 Å². The highest BCUT2D eigenvalue weighted by Gasteiger charge is 2.19. The highest BCUT2D eigenvalue weighted by Crippen LogP contribution is 2.34. The maximum absolute atomic E-state index is 12.8. The van der Waals surface area contributed by atoms with Crippen molar-refractivity contribution < 1.29 is 19.7 Å². The normalized spacial score (nSPS) is 12.0. The van der Waals surface area contributed by atoms with Crippen LogP contribution in [0.1, 0.15) is 6.92 Å². The molecular weight excluding hydrogens is 378 g/mol. The van der Waals surface area contributed by atoms with E-state index in [4.69, 9.17) is 16.3 Å². The zero-order chi connectivity index (χ0) is 18.1. The van der Waals surface area contributed by atoms with E-state index in [1.54, 1.807) is 37.3 Å². The lowest BCUT2D eigenvalue weighted by molar-refractivity contribution is -0.137. The van der Waals surface area contributed by atoms with Crippen LogP contribution in [-0.4, -0.2) is 33.5 Å². The Kier molecular flexibility index (Phi) is 6.17. The Morgan fingerprint density at radius 2 is 1.92 bits per heavy atom. The van der Waals surface area contributed by atoms with Crippen molar-refractivity contribution in [2.75, 3.05) is 6.61 Å². The van der Waals surface area contributed by atoms with Crippen molar-refractivity contribution >= 4 is 52.9 Å². The fourth-order valence-corrected chi connectivity index (χ4v) is 3.01. The van der Waals surface area contributed by atoms with Gasteiger partial charge in [0.15, 0.2) is 11.2 Å². The Labute approximate surface area is 161 Å². The lowest BCUT2D eigenvalue weighted by Crippen LogP contribution is -2.18. The van der Waals surface area contributed by atoms with E-state index >= 15 is 0 Å². The van der Waals surface area contributed by atoms with Crippen molar-refractivity contribution in [3.8, 4) is 5.75 Å². The quantitative estimate of drug-likeness (QED) is 0.648. The highest BCUT2D eigenvalue weighted by molar-refractivity contribution is 7.59. The van der Waals surface area contributed by atoms with Crippen molar-refractivity contribution in [2.24, 2.45) is 0 Å². The Bertz CT molecular complexity index is 1030. The van der Waals surface area contributed by atoms with Gasteiger partial charge in [0, 0.05) is 5.39 Å². The molecule has 0 fully saturated rings. The number of hydrogen-bond donors (Lipinski definition) is 2. The molecular formula is C18H18ClNO5S. The van der Waals surface area contributed by atoms with Gasteiger partial charge in [-0.15, -0.1) is 0 Å². The maximum Gasteiger partial charge on any atom is 0.323 e. The number of para-hydroxylation sites is 1. The van der Waals surface area contributed by atoms with Gasteiger partial charge in [0.1, 0.15) is 13.2 Å². The van der Waals surface area contributed by atoms with E-state index in [0.717, 1.165) is 0 Å². The summed E-state index contributed by atoms with van der Waals surface area (Å²) in [7, 11) is 0. The minimum Gasteiger partial charge on any atom is -0.487 e. The number of benzene rings is 2. The largest absolute Gasteiger partial charge is 0.487 e. The van der Waals surface area contributed by atoms with Gasteiger partial charge in [-0.2, -0.15) is 13.5 Å². The number of carbonyl (C=O) groups is 1. The number of nitrogens with zero attached hydrogens (tertiary/aromatic N) is 1. The molecule has 8 heteroatoms.